The third-order valence-electron chi connectivity index (χ3n) is 2.99. The third-order valence-corrected chi connectivity index (χ3v) is 2.99. The van der Waals surface area contributed by atoms with Crippen LogP contribution in [0.4, 0.5) is 0 Å². The molecule has 1 fully saturated rings. The quantitative estimate of drug-likeness (QED) is 0.766. The molecule has 2 aromatic rings. The molecular formula is C11H13N3O. The van der Waals surface area contributed by atoms with Gasteiger partial charge in [0.25, 0.3) is 0 Å². The number of hydrogen-bond donors (Lipinski definition) is 1. The van der Waals surface area contributed by atoms with E-state index in [2.05, 4.69) is 21.6 Å². The van der Waals surface area contributed by atoms with E-state index in [9.17, 15) is 0 Å². The second kappa shape index (κ2) is 3.62. The molecule has 4 nitrogen and oxygen atoms in total. The van der Waals surface area contributed by atoms with Crippen LogP contribution in [0, 0.1) is 0 Å². The molecule has 2 aromatic heterocycles. The van der Waals surface area contributed by atoms with Crippen molar-refractivity contribution in [3.05, 3.63) is 24.2 Å². The second-order valence-corrected chi connectivity index (χ2v) is 3.98. The van der Waals surface area contributed by atoms with E-state index in [0.29, 0.717) is 5.92 Å². The molecular weight excluding hydrogens is 190 g/mol. The average Bonchev–Trinajstić information content (AvgIpc) is 2.74. The van der Waals surface area contributed by atoms with Crippen molar-refractivity contribution in [2.45, 2.75) is 18.8 Å². The lowest BCUT2D eigenvalue weighted by Gasteiger charge is -2.20. The van der Waals surface area contributed by atoms with Gasteiger partial charge in [-0.05, 0) is 32.0 Å². The summed E-state index contributed by atoms with van der Waals surface area (Å²) in [6.07, 6.45) is 5.74. The molecule has 1 aliphatic heterocycles. The summed E-state index contributed by atoms with van der Waals surface area (Å²) in [5, 5.41) is 12.1. The zero-order valence-corrected chi connectivity index (χ0v) is 8.44. The molecule has 0 unspecified atom stereocenters. The molecule has 4 heteroatoms. The van der Waals surface area contributed by atoms with Crippen LogP contribution in [0.15, 0.2) is 22.9 Å². The molecule has 3 rings (SSSR count). The van der Waals surface area contributed by atoms with E-state index in [0.717, 1.165) is 42.7 Å². The number of aromatic nitrogens is 2. The Bertz CT molecular complexity index is 427. The van der Waals surface area contributed by atoms with E-state index >= 15 is 0 Å². The molecule has 0 atom stereocenters. The normalized spacial score (nSPS) is 18.4. The number of nitrogens with zero attached hydrogens (tertiary/aromatic N) is 2. The van der Waals surface area contributed by atoms with Gasteiger partial charge in [-0.2, -0.15) is 10.2 Å². The van der Waals surface area contributed by atoms with Crippen LogP contribution >= 0.6 is 0 Å². The molecule has 0 spiro atoms. The summed E-state index contributed by atoms with van der Waals surface area (Å²) >= 11 is 0. The molecule has 0 amide bonds. The number of fused-ring (bicyclic) bond motifs is 1. The first kappa shape index (κ1) is 8.85. The Morgan fingerprint density at radius 2 is 2.00 bits per heavy atom. The van der Waals surface area contributed by atoms with E-state index in [1.54, 1.807) is 12.4 Å². The number of rotatable bonds is 1. The van der Waals surface area contributed by atoms with Gasteiger partial charge in [-0.25, -0.2) is 0 Å². The van der Waals surface area contributed by atoms with Crippen molar-refractivity contribution >= 4 is 11.0 Å². The number of furan rings is 1. The maximum Gasteiger partial charge on any atom is 0.156 e. The standard InChI is InChI=1S/C11H13N3O/c1-3-12-4-2-8(1)10-5-9-6-13-14-7-11(9)15-10/h5-8,12H,1-4H2. The van der Waals surface area contributed by atoms with Crippen molar-refractivity contribution in [2.75, 3.05) is 13.1 Å². The van der Waals surface area contributed by atoms with Gasteiger partial charge in [0.15, 0.2) is 5.58 Å². The molecule has 0 bridgehead atoms. The van der Waals surface area contributed by atoms with Gasteiger partial charge < -0.3 is 9.73 Å². The molecule has 1 saturated heterocycles. The number of hydrogen-bond acceptors (Lipinski definition) is 4. The first-order valence-corrected chi connectivity index (χ1v) is 5.34. The van der Waals surface area contributed by atoms with Crippen molar-refractivity contribution in [1.29, 1.82) is 0 Å². The van der Waals surface area contributed by atoms with Crippen molar-refractivity contribution in [3.63, 3.8) is 0 Å². The molecule has 3 heterocycles. The lowest BCUT2D eigenvalue weighted by atomic mass is 9.95. The molecule has 1 aliphatic rings. The van der Waals surface area contributed by atoms with Gasteiger partial charge in [0.2, 0.25) is 0 Å². The third kappa shape index (κ3) is 1.61. The first-order chi connectivity index (χ1) is 7.43. The summed E-state index contributed by atoms with van der Waals surface area (Å²) < 4.78 is 5.78. The van der Waals surface area contributed by atoms with Crippen LogP contribution in [0.2, 0.25) is 0 Å². The summed E-state index contributed by atoms with van der Waals surface area (Å²) in [6.45, 7) is 2.16. The lowest BCUT2D eigenvalue weighted by molar-refractivity contribution is 0.397. The van der Waals surface area contributed by atoms with Gasteiger partial charge in [-0.15, -0.1) is 0 Å². The second-order valence-electron chi connectivity index (χ2n) is 3.98. The van der Waals surface area contributed by atoms with Gasteiger partial charge in [0.1, 0.15) is 5.76 Å². The SMILES string of the molecule is c1nncc2oc(C3CCNCC3)cc12. The highest BCUT2D eigenvalue weighted by Gasteiger charge is 2.18. The highest BCUT2D eigenvalue weighted by atomic mass is 16.3. The van der Waals surface area contributed by atoms with Crippen LogP contribution in [0.5, 0.6) is 0 Å². The topological polar surface area (TPSA) is 51.0 Å². The molecule has 0 radical (unpaired) electrons. The maximum atomic E-state index is 5.78. The lowest BCUT2D eigenvalue weighted by Crippen LogP contribution is -2.26. The first-order valence-electron chi connectivity index (χ1n) is 5.34. The minimum atomic E-state index is 0.554. The highest BCUT2D eigenvalue weighted by Crippen LogP contribution is 2.29. The fourth-order valence-corrected chi connectivity index (χ4v) is 2.13. The van der Waals surface area contributed by atoms with Gasteiger partial charge in [0, 0.05) is 11.3 Å². The van der Waals surface area contributed by atoms with E-state index in [-0.39, 0.29) is 0 Å². The monoisotopic (exact) mass is 203 g/mol. The van der Waals surface area contributed by atoms with Crippen LogP contribution in [0.25, 0.3) is 11.0 Å². The van der Waals surface area contributed by atoms with Crippen LogP contribution in [-0.2, 0) is 0 Å². The van der Waals surface area contributed by atoms with Gasteiger partial charge in [-0.3, -0.25) is 0 Å². The Labute approximate surface area is 87.7 Å². The Morgan fingerprint density at radius 1 is 1.20 bits per heavy atom. The number of piperidine rings is 1. The fraction of sp³-hybridized carbons (Fsp3) is 0.455. The van der Waals surface area contributed by atoms with E-state index in [4.69, 9.17) is 4.42 Å². The van der Waals surface area contributed by atoms with E-state index < -0.39 is 0 Å². The Kier molecular flexibility index (Phi) is 2.14. The molecule has 1 N–H and O–H groups in total. The van der Waals surface area contributed by atoms with Gasteiger partial charge >= 0.3 is 0 Å². The predicted molar refractivity (Wildman–Crippen MR) is 56.6 cm³/mol. The van der Waals surface area contributed by atoms with Crippen LogP contribution in [-0.4, -0.2) is 23.3 Å². The predicted octanol–water partition coefficient (Wildman–Crippen LogP) is 1.69. The molecule has 0 aliphatic carbocycles. The smallest absolute Gasteiger partial charge is 0.156 e. The Morgan fingerprint density at radius 3 is 2.80 bits per heavy atom. The fourth-order valence-electron chi connectivity index (χ4n) is 2.13. The van der Waals surface area contributed by atoms with Gasteiger partial charge in [-0.1, -0.05) is 0 Å². The summed E-state index contributed by atoms with van der Waals surface area (Å²) in [5.74, 6) is 1.64. The van der Waals surface area contributed by atoms with Gasteiger partial charge in [0.05, 0.1) is 12.4 Å². The minimum Gasteiger partial charge on any atom is -0.459 e. The molecule has 0 aromatic carbocycles. The highest BCUT2D eigenvalue weighted by molar-refractivity contribution is 5.75. The minimum absolute atomic E-state index is 0.554. The van der Waals surface area contributed by atoms with E-state index in [1.807, 2.05) is 0 Å². The van der Waals surface area contributed by atoms with Crippen LogP contribution < -0.4 is 5.32 Å². The largest absolute Gasteiger partial charge is 0.459 e. The Hall–Kier alpha value is -1.42. The summed E-state index contributed by atoms with van der Waals surface area (Å²) in [4.78, 5) is 0. The van der Waals surface area contributed by atoms with Crippen molar-refractivity contribution in [1.82, 2.24) is 15.5 Å². The van der Waals surface area contributed by atoms with Crippen LogP contribution in [0.1, 0.15) is 24.5 Å². The molecule has 78 valence electrons. The van der Waals surface area contributed by atoms with E-state index in [1.165, 1.54) is 0 Å². The molecule has 15 heavy (non-hydrogen) atoms. The average molecular weight is 203 g/mol. The van der Waals surface area contributed by atoms with Crippen molar-refractivity contribution in [2.24, 2.45) is 0 Å². The summed E-state index contributed by atoms with van der Waals surface area (Å²) in [5.41, 5.74) is 0.846. The van der Waals surface area contributed by atoms with Crippen molar-refractivity contribution < 1.29 is 4.42 Å². The number of nitrogens with one attached hydrogen (secondary N) is 1. The maximum absolute atomic E-state index is 5.78. The zero-order valence-electron chi connectivity index (χ0n) is 8.44. The summed E-state index contributed by atoms with van der Waals surface area (Å²) in [6, 6.07) is 2.10. The zero-order chi connectivity index (χ0) is 10.1. The van der Waals surface area contributed by atoms with Crippen molar-refractivity contribution in [3.8, 4) is 0 Å². The summed E-state index contributed by atoms with van der Waals surface area (Å²) in [7, 11) is 0. The molecule has 0 saturated carbocycles. The van der Waals surface area contributed by atoms with Crippen LogP contribution in [0.3, 0.4) is 0 Å². The Balaban J connectivity index is 1.96.